The van der Waals surface area contributed by atoms with E-state index in [-0.39, 0.29) is 24.0 Å². The summed E-state index contributed by atoms with van der Waals surface area (Å²) in [4.78, 5) is 8.56. The van der Waals surface area contributed by atoms with E-state index in [1.165, 1.54) is 0 Å². The summed E-state index contributed by atoms with van der Waals surface area (Å²) in [5, 5.41) is 10.0. The Balaban J connectivity index is 0.00000220. The first-order chi connectivity index (χ1) is 9.79. The van der Waals surface area contributed by atoms with Gasteiger partial charge in [-0.25, -0.2) is 4.98 Å². The molecule has 0 atom stereocenters. The third-order valence-electron chi connectivity index (χ3n) is 2.74. The quantitative estimate of drug-likeness (QED) is 0.283. The standard InChI is InChI=1S/C13H20N6O.HI/c1-2-3-7-15-13(14)16-8-6-11-17-12(19-18-11)10-5-4-9-20-10;/h4-5,9H,2-3,6-8H2,1H3,(H3,14,15,16)(H,17,18,19);1H. The molecule has 8 heteroatoms. The molecule has 2 heterocycles. The number of furan rings is 1. The lowest BCUT2D eigenvalue weighted by molar-refractivity contribution is 0.577. The number of aromatic amines is 1. The van der Waals surface area contributed by atoms with Gasteiger partial charge in [0.15, 0.2) is 11.7 Å². The van der Waals surface area contributed by atoms with E-state index in [0.29, 0.717) is 30.5 Å². The molecule has 0 saturated carbocycles. The van der Waals surface area contributed by atoms with Crippen LogP contribution in [0.1, 0.15) is 25.6 Å². The molecule has 2 aromatic heterocycles. The van der Waals surface area contributed by atoms with Crippen LogP contribution in [0.15, 0.2) is 27.8 Å². The molecule has 7 nitrogen and oxygen atoms in total. The zero-order chi connectivity index (χ0) is 14.2. The Kier molecular flexibility index (Phi) is 7.80. The zero-order valence-electron chi connectivity index (χ0n) is 12.0. The number of hydrogen-bond acceptors (Lipinski definition) is 4. The third-order valence-corrected chi connectivity index (χ3v) is 2.74. The van der Waals surface area contributed by atoms with Gasteiger partial charge in [0, 0.05) is 19.5 Å². The van der Waals surface area contributed by atoms with Gasteiger partial charge in [-0.1, -0.05) is 13.3 Å². The largest absolute Gasteiger partial charge is 0.461 e. The van der Waals surface area contributed by atoms with Gasteiger partial charge in [-0.3, -0.25) is 10.1 Å². The van der Waals surface area contributed by atoms with Crippen LogP contribution < -0.4 is 11.1 Å². The van der Waals surface area contributed by atoms with E-state index in [4.69, 9.17) is 10.2 Å². The van der Waals surface area contributed by atoms with Crippen LogP contribution in [0.5, 0.6) is 0 Å². The van der Waals surface area contributed by atoms with Crippen LogP contribution in [0.3, 0.4) is 0 Å². The summed E-state index contributed by atoms with van der Waals surface area (Å²) in [5.74, 6) is 2.48. The fourth-order valence-electron chi connectivity index (χ4n) is 1.65. The highest BCUT2D eigenvalue weighted by atomic mass is 127. The maximum absolute atomic E-state index is 5.74. The molecule has 116 valence electrons. The van der Waals surface area contributed by atoms with Crippen molar-refractivity contribution in [3.63, 3.8) is 0 Å². The lowest BCUT2D eigenvalue weighted by atomic mass is 10.3. The average Bonchev–Trinajstić information content (AvgIpc) is 3.09. The zero-order valence-corrected chi connectivity index (χ0v) is 14.3. The molecule has 0 radical (unpaired) electrons. The minimum atomic E-state index is 0. The summed E-state index contributed by atoms with van der Waals surface area (Å²) < 4.78 is 5.23. The molecule has 2 rings (SSSR count). The molecule has 0 saturated heterocycles. The highest BCUT2D eigenvalue weighted by Gasteiger charge is 2.07. The van der Waals surface area contributed by atoms with Crippen LogP contribution in [-0.4, -0.2) is 34.2 Å². The van der Waals surface area contributed by atoms with E-state index in [1.54, 1.807) is 12.3 Å². The summed E-state index contributed by atoms with van der Waals surface area (Å²) >= 11 is 0. The molecule has 21 heavy (non-hydrogen) atoms. The molecule has 4 N–H and O–H groups in total. The monoisotopic (exact) mass is 404 g/mol. The number of aromatic nitrogens is 3. The van der Waals surface area contributed by atoms with Crippen molar-refractivity contribution in [3.05, 3.63) is 24.2 Å². The van der Waals surface area contributed by atoms with E-state index >= 15 is 0 Å². The molecular weight excluding hydrogens is 383 g/mol. The summed E-state index contributed by atoms with van der Waals surface area (Å²) in [6.07, 6.45) is 4.46. The van der Waals surface area contributed by atoms with Gasteiger partial charge in [0.2, 0.25) is 5.82 Å². The molecule has 2 aromatic rings. The Bertz CT molecular complexity index is 537. The highest BCUT2D eigenvalue weighted by molar-refractivity contribution is 14.0. The molecule has 0 bridgehead atoms. The van der Waals surface area contributed by atoms with Crippen molar-refractivity contribution < 1.29 is 4.42 Å². The fourth-order valence-corrected chi connectivity index (χ4v) is 1.65. The molecule has 0 spiro atoms. The van der Waals surface area contributed by atoms with E-state index in [9.17, 15) is 0 Å². The molecule has 0 aliphatic carbocycles. The number of aliphatic imine (C=N–C) groups is 1. The average molecular weight is 404 g/mol. The van der Waals surface area contributed by atoms with Crippen molar-refractivity contribution in [3.8, 4) is 11.6 Å². The van der Waals surface area contributed by atoms with Gasteiger partial charge < -0.3 is 15.5 Å². The number of nitrogens with zero attached hydrogens (tertiary/aromatic N) is 3. The number of unbranched alkanes of at least 4 members (excludes halogenated alkanes) is 1. The first-order valence-electron chi connectivity index (χ1n) is 6.78. The summed E-state index contributed by atoms with van der Waals surface area (Å²) in [6.45, 7) is 3.55. The van der Waals surface area contributed by atoms with Gasteiger partial charge in [-0.2, -0.15) is 5.10 Å². The van der Waals surface area contributed by atoms with Crippen LogP contribution >= 0.6 is 24.0 Å². The van der Waals surface area contributed by atoms with Gasteiger partial charge in [0.25, 0.3) is 0 Å². The maximum Gasteiger partial charge on any atom is 0.216 e. The molecular formula is C13H21IN6O. The van der Waals surface area contributed by atoms with Crippen molar-refractivity contribution in [2.45, 2.75) is 26.2 Å². The van der Waals surface area contributed by atoms with Crippen molar-refractivity contribution in [1.82, 2.24) is 20.5 Å². The van der Waals surface area contributed by atoms with Crippen LogP contribution in [0.4, 0.5) is 0 Å². The molecule has 0 aromatic carbocycles. The Morgan fingerprint density at radius 3 is 3.10 bits per heavy atom. The normalized spacial score (nSPS) is 11.2. The second kappa shape index (κ2) is 9.37. The highest BCUT2D eigenvalue weighted by Crippen LogP contribution is 2.14. The second-order valence-corrected chi connectivity index (χ2v) is 4.38. The van der Waals surface area contributed by atoms with E-state index in [0.717, 1.165) is 25.2 Å². The van der Waals surface area contributed by atoms with Crippen LogP contribution in [0, 0.1) is 0 Å². The van der Waals surface area contributed by atoms with E-state index in [1.807, 2.05) is 6.07 Å². The van der Waals surface area contributed by atoms with Crippen molar-refractivity contribution in [2.75, 3.05) is 13.1 Å². The first-order valence-corrected chi connectivity index (χ1v) is 6.78. The number of nitrogens with one attached hydrogen (secondary N) is 2. The summed E-state index contributed by atoms with van der Waals surface area (Å²) in [6, 6.07) is 3.63. The molecule has 0 aliphatic rings. The van der Waals surface area contributed by atoms with Crippen molar-refractivity contribution in [2.24, 2.45) is 10.7 Å². The summed E-state index contributed by atoms with van der Waals surface area (Å²) in [7, 11) is 0. The van der Waals surface area contributed by atoms with Gasteiger partial charge in [-0.05, 0) is 18.6 Å². The predicted octanol–water partition coefficient (Wildman–Crippen LogP) is 1.93. The summed E-state index contributed by atoms with van der Waals surface area (Å²) in [5.41, 5.74) is 5.74. The smallest absolute Gasteiger partial charge is 0.216 e. The Hall–Kier alpha value is -1.58. The SMILES string of the molecule is CCCCN=C(N)NCCc1nc(-c2ccco2)n[nH]1.I. The molecule has 0 amide bonds. The number of hydrogen-bond donors (Lipinski definition) is 3. The lowest BCUT2D eigenvalue weighted by Gasteiger charge is -2.03. The van der Waals surface area contributed by atoms with Gasteiger partial charge in [0.1, 0.15) is 5.82 Å². The fraction of sp³-hybridized carbons (Fsp3) is 0.462. The molecule has 0 aliphatic heterocycles. The lowest BCUT2D eigenvalue weighted by Crippen LogP contribution is -2.33. The number of halogens is 1. The number of nitrogens with two attached hydrogens (primary N) is 1. The molecule has 0 unspecified atom stereocenters. The maximum atomic E-state index is 5.74. The van der Waals surface area contributed by atoms with E-state index < -0.39 is 0 Å². The second-order valence-electron chi connectivity index (χ2n) is 4.38. The first kappa shape index (κ1) is 17.5. The van der Waals surface area contributed by atoms with Gasteiger partial charge in [-0.15, -0.1) is 24.0 Å². The number of H-pyrrole nitrogens is 1. The molecule has 0 fully saturated rings. The van der Waals surface area contributed by atoms with Crippen LogP contribution in [0.2, 0.25) is 0 Å². The van der Waals surface area contributed by atoms with Crippen molar-refractivity contribution in [1.29, 1.82) is 0 Å². The van der Waals surface area contributed by atoms with E-state index in [2.05, 4.69) is 32.4 Å². The van der Waals surface area contributed by atoms with Gasteiger partial charge in [0.05, 0.1) is 6.26 Å². The Labute approximate surface area is 140 Å². The topological polar surface area (TPSA) is 105 Å². The Morgan fingerprint density at radius 2 is 2.38 bits per heavy atom. The van der Waals surface area contributed by atoms with Crippen LogP contribution in [0.25, 0.3) is 11.6 Å². The van der Waals surface area contributed by atoms with Crippen molar-refractivity contribution >= 4 is 29.9 Å². The van der Waals surface area contributed by atoms with Gasteiger partial charge >= 0.3 is 0 Å². The number of rotatable bonds is 7. The Morgan fingerprint density at radius 1 is 1.52 bits per heavy atom. The predicted molar refractivity (Wildman–Crippen MR) is 92.6 cm³/mol. The van der Waals surface area contributed by atoms with Crippen LogP contribution in [-0.2, 0) is 6.42 Å². The number of guanidine groups is 1. The minimum Gasteiger partial charge on any atom is -0.461 e. The third kappa shape index (κ3) is 5.74. The minimum absolute atomic E-state index is 0.